The normalized spacial score (nSPS) is 20.1. The number of carbonyl (C=O) groups is 2. The minimum Gasteiger partial charge on any atom is -0.497 e. The van der Waals surface area contributed by atoms with Crippen molar-refractivity contribution in [3.8, 4) is 5.75 Å². The van der Waals surface area contributed by atoms with Gasteiger partial charge in [0.1, 0.15) is 24.6 Å². The number of hydrogen-bond donors (Lipinski definition) is 0. The van der Waals surface area contributed by atoms with Crippen molar-refractivity contribution < 1.29 is 37.6 Å². The highest BCUT2D eigenvalue weighted by Gasteiger charge is 2.44. The number of nitrogens with zero attached hydrogens (tertiary/aromatic N) is 2. The highest BCUT2D eigenvalue weighted by Crippen LogP contribution is 2.53. The molecule has 11 heteroatoms. The molecule has 3 atom stereocenters. The molecule has 0 N–H and O–H groups in total. The predicted octanol–water partition coefficient (Wildman–Crippen LogP) is 3.44. The lowest BCUT2D eigenvalue weighted by atomic mass is 10.1. The van der Waals surface area contributed by atoms with E-state index in [4.69, 9.17) is 23.5 Å². The Balaban J connectivity index is 1.73. The van der Waals surface area contributed by atoms with E-state index in [2.05, 4.69) is 0 Å². The molecule has 0 bridgehead atoms. The molecule has 0 radical (unpaired) electrons. The third-order valence-electron chi connectivity index (χ3n) is 5.40. The van der Waals surface area contributed by atoms with Crippen LogP contribution in [-0.2, 0) is 23.3 Å². The van der Waals surface area contributed by atoms with Gasteiger partial charge in [0, 0.05) is 6.42 Å². The Morgan fingerprint density at radius 3 is 2.11 bits per heavy atom. The van der Waals surface area contributed by atoms with E-state index in [1.54, 1.807) is 82.8 Å². The summed E-state index contributed by atoms with van der Waals surface area (Å²) >= 11 is 0. The topological polar surface area (TPSA) is 104 Å². The first-order valence-corrected chi connectivity index (χ1v) is 12.5. The van der Waals surface area contributed by atoms with E-state index in [9.17, 15) is 14.2 Å². The van der Waals surface area contributed by atoms with Gasteiger partial charge in [0.2, 0.25) is 0 Å². The minimum absolute atomic E-state index is 0.112. The molecule has 0 amide bonds. The molecule has 0 saturated carbocycles. The van der Waals surface area contributed by atoms with Gasteiger partial charge in [-0.3, -0.25) is 9.09 Å². The largest absolute Gasteiger partial charge is 0.497 e. The van der Waals surface area contributed by atoms with E-state index in [0.29, 0.717) is 16.9 Å². The molecule has 1 saturated heterocycles. The molecule has 2 aromatic rings. The van der Waals surface area contributed by atoms with E-state index in [1.165, 1.54) is 16.5 Å². The second-order valence-electron chi connectivity index (χ2n) is 8.27. The van der Waals surface area contributed by atoms with Crippen LogP contribution in [0.1, 0.15) is 27.1 Å². The summed E-state index contributed by atoms with van der Waals surface area (Å²) in [6, 6.07) is 15.0. The molecular formula is C24H31N2O8P. The Morgan fingerprint density at radius 1 is 0.943 bits per heavy atom. The lowest BCUT2D eigenvalue weighted by Gasteiger charge is -2.31. The number of carbonyl (C=O) groups excluding carboxylic acids is 2. The molecule has 1 aliphatic heterocycles. The highest BCUT2D eigenvalue weighted by molar-refractivity contribution is 7.53. The fraction of sp³-hybridized carbons (Fsp3) is 0.417. The summed E-state index contributed by atoms with van der Waals surface area (Å²) in [7, 11) is 4.70. The molecule has 190 valence electrons. The molecule has 0 aliphatic carbocycles. The lowest BCUT2D eigenvalue weighted by Crippen LogP contribution is -2.32. The molecule has 10 nitrogen and oxygen atoms in total. The molecule has 35 heavy (non-hydrogen) atoms. The zero-order chi connectivity index (χ0) is 25.6. The number of methoxy groups -OCH3 is 1. The molecule has 0 unspecified atom stereocenters. The molecule has 0 spiro atoms. The second kappa shape index (κ2) is 11.8. The van der Waals surface area contributed by atoms with Crippen molar-refractivity contribution in [1.29, 1.82) is 0 Å². The molecular weight excluding hydrogens is 475 g/mol. The van der Waals surface area contributed by atoms with Gasteiger partial charge in [0.25, 0.3) is 0 Å². The van der Waals surface area contributed by atoms with Gasteiger partial charge in [-0.25, -0.2) is 18.9 Å². The van der Waals surface area contributed by atoms with E-state index in [1.807, 2.05) is 0 Å². The van der Waals surface area contributed by atoms with E-state index < -0.39 is 38.1 Å². The van der Waals surface area contributed by atoms with Crippen molar-refractivity contribution in [3.05, 3.63) is 65.7 Å². The predicted molar refractivity (Wildman–Crippen MR) is 128 cm³/mol. The Morgan fingerprint density at radius 2 is 1.54 bits per heavy atom. The fourth-order valence-corrected chi connectivity index (χ4v) is 5.00. The van der Waals surface area contributed by atoms with Crippen LogP contribution < -0.4 is 4.74 Å². The summed E-state index contributed by atoms with van der Waals surface area (Å²) in [4.78, 5) is 25.2. The van der Waals surface area contributed by atoms with Gasteiger partial charge in [0.05, 0.1) is 18.2 Å². The van der Waals surface area contributed by atoms with Gasteiger partial charge in [-0.05, 0) is 64.6 Å². The molecule has 1 aliphatic rings. The summed E-state index contributed by atoms with van der Waals surface area (Å²) in [5.74, 6) is -0.510. The van der Waals surface area contributed by atoms with Crippen LogP contribution >= 0.6 is 7.67 Å². The van der Waals surface area contributed by atoms with Crippen molar-refractivity contribution in [3.63, 3.8) is 0 Å². The average Bonchev–Trinajstić information content (AvgIpc) is 3.23. The standard InChI is InChI=1S/C24H31N2O8P/c1-25(2)35(29,26(3)4)34-22-15-20(33-24(28)18-11-13-19(30-5)14-12-18)21(32-22)16-31-23(27)17-9-7-6-8-10-17/h6-14,20-22H,15-16H2,1-5H3/t20-,21+,22+/m0/s1. The van der Waals surface area contributed by atoms with Crippen LogP contribution in [0.3, 0.4) is 0 Å². The van der Waals surface area contributed by atoms with Gasteiger partial charge in [-0.15, -0.1) is 0 Å². The quantitative estimate of drug-likeness (QED) is 0.352. The Bertz CT molecular complexity index is 1030. The molecule has 1 heterocycles. The van der Waals surface area contributed by atoms with Gasteiger partial charge < -0.3 is 18.9 Å². The van der Waals surface area contributed by atoms with E-state index in [0.717, 1.165) is 0 Å². The van der Waals surface area contributed by atoms with E-state index in [-0.39, 0.29) is 13.0 Å². The fourth-order valence-electron chi connectivity index (χ4n) is 3.47. The maximum Gasteiger partial charge on any atom is 0.347 e. The SMILES string of the molecule is COc1ccc(C(=O)O[C@H]2C[C@@H](OP(=O)(N(C)C)N(C)C)O[C@@H]2COC(=O)c2ccccc2)cc1. The third kappa shape index (κ3) is 6.68. The highest BCUT2D eigenvalue weighted by atomic mass is 31.2. The minimum atomic E-state index is -3.37. The van der Waals surface area contributed by atoms with Gasteiger partial charge in [-0.2, -0.15) is 0 Å². The average molecular weight is 506 g/mol. The van der Waals surface area contributed by atoms with Gasteiger partial charge in [0.15, 0.2) is 6.29 Å². The molecule has 3 rings (SSSR count). The van der Waals surface area contributed by atoms with Crippen LogP contribution in [0.4, 0.5) is 0 Å². The second-order valence-corrected chi connectivity index (χ2v) is 11.1. The van der Waals surface area contributed by atoms with Gasteiger partial charge in [-0.1, -0.05) is 18.2 Å². The first-order chi connectivity index (χ1) is 16.6. The number of ether oxygens (including phenoxy) is 4. The monoisotopic (exact) mass is 506 g/mol. The zero-order valence-corrected chi connectivity index (χ0v) is 21.3. The maximum absolute atomic E-state index is 13.3. The summed E-state index contributed by atoms with van der Waals surface area (Å²) in [6.07, 6.45) is -2.44. The number of esters is 2. The van der Waals surface area contributed by atoms with Crippen molar-refractivity contribution >= 4 is 19.6 Å². The van der Waals surface area contributed by atoms with Crippen LogP contribution in [0, 0.1) is 0 Å². The first kappa shape index (κ1) is 26.8. The smallest absolute Gasteiger partial charge is 0.347 e. The molecule has 1 fully saturated rings. The summed E-state index contributed by atoms with van der Waals surface area (Å²) in [6.45, 7) is -0.178. The summed E-state index contributed by atoms with van der Waals surface area (Å²) in [5.41, 5.74) is 0.706. The molecule has 0 aromatic heterocycles. The Hall–Kier alpha value is -2.75. The zero-order valence-electron chi connectivity index (χ0n) is 20.5. The van der Waals surface area contributed by atoms with E-state index >= 15 is 0 Å². The van der Waals surface area contributed by atoms with Crippen molar-refractivity contribution in [2.45, 2.75) is 24.9 Å². The van der Waals surface area contributed by atoms with Crippen LogP contribution in [0.25, 0.3) is 0 Å². The van der Waals surface area contributed by atoms with Crippen LogP contribution in [0.5, 0.6) is 5.75 Å². The third-order valence-corrected chi connectivity index (χ3v) is 7.94. The Labute approximate surface area is 205 Å². The first-order valence-electron chi connectivity index (χ1n) is 11.0. The van der Waals surface area contributed by atoms with Crippen molar-refractivity contribution in [2.24, 2.45) is 0 Å². The number of benzene rings is 2. The van der Waals surface area contributed by atoms with Crippen LogP contribution in [0.2, 0.25) is 0 Å². The van der Waals surface area contributed by atoms with Crippen molar-refractivity contribution in [1.82, 2.24) is 9.34 Å². The number of rotatable bonds is 10. The van der Waals surface area contributed by atoms with Crippen LogP contribution in [-0.4, -0.2) is 81.7 Å². The lowest BCUT2D eigenvalue weighted by molar-refractivity contribution is -0.101. The Kier molecular flexibility index (Phi) is 9.04. The van der Waals surface area contributed by atoms with Crippen LogP contribution in [0.15, 0.2) is 54.6 Å². The molecule has 2 aromatic carbocycles. The van der Waals surface area contributed by atoms with Gasteiger partial charge >= 0.3 is 19.6 Å². The maximum atomic E-state index is 13.3. The number of hydrogen-bond acceptors (Lipinski definition) is 8. The van der Waals surface area contributed by atoms with Crippen molar-refractivity contribution in [2.75, 3.05) is 41.9 Å². The summed E-state index contributed by atoms with van der Waals surface area (Å²) < 4.78 is 44.2. The summed E-state index contributed by atoms with van der Waals surface area (Å²) in [5, 5.41) is 0.